The van der Waals surface area contributed by atoms with Crippen molar-refractivity contribution in [2.45, 2.75) is 77.2 Å². The van der Waals surface area contributed by atoms with Gasteiger partial charge in [-0.05, 0) is 92.2 Å². The lowest BCUT2D eigenvalue weighted by Crippen LogP contribution is -2.57. The van der Waals surface area contributed by atoms with E-state index in [9.17, 15) is 14.4 Å². The molecule has 0 N–H and O–H groups in total. The normalized spacial score (nSPS) is 33.9. The molecule has 1 aromatic rings. The number of esters is 1. The van der Waals surface area contributed by atoms with Gasteiger partial charge in [0.2, 0.25) is 0 Å². The van der Waals surface area contributed by atoms with Gasteiger partial charge in [0, 0.05) is 44.5 Å². The monoisotopic (exact) mass is 475 g/mol. The van der Waals surface area contributed by atoms with Crippen LogP contribution in [0, 0.1) is 17.3 Å². The summed E-state index contributed by atoms with van der Waals surface area (Å²) in [6.45, 7) is 5.22. The van der Waals surface area contributed by atoms with Gasteiger partial charge in [0.15, 0.2) is 17.2 Å². The maximum atomic E-state index is 13.2. The number of nitrogens with zero attached hydrogens (tertiary/aromatic N) is 1. The first kappa shape index (κ1) is 24.0. The molecule has 1 unspecified atom stereocenters. The summed E-state index contributed by atoms with van der Waals surface area (Å²) in [5, 5.41) is 0. The van der Waals surface area contributed by atoms with E-state index in [0.717, 1.165) is 37.8 Å². The fourth-order valence-electron chi connectivity index (χ4n) is 8.02. The van der Waals surface area contributed by atoms with Gasteiger partial charge in [-0.25, -0.2) is 0 Å². The summed E-state index contributed by atoms with van der Waals surface area (Å²) >= 11 is 0. The van der Waals surface area contributed by atoms with Gasteiger partial charge >= 0.3 is 5.97 Å². The first-order valence-corrected chi connectivity index (χ1v) is 13.0. The SMILES string of the molecule is CC(=O)O[C@]1(C(C)=O)CCC2[C@@H]3CCC4=CC(=O)CCC4=C3[C@@H](c3ccc(N(C)C)cc3)C[C@@]21C. The van der Waals surface area contributed by atoms with Crippen LogP contribution in [0.5, 0.6) is 0 Å². The predicted octanol–water partition coefficient (Wildman–Crippen LogP) is 5.54. The van der Waals surface area contributed by atoms with Crippen LogP contribution in [0.1, 0.15) is 77.2 Å². The second kappa shape index (κ2) is 8.46. The maximum Gasteiger partial charge on any atom is 0.303 e. The fourth-order valence-corrected chi connectivity index (χ4v) is 8.02. The van der Waals surface area contributed by atoms with Crippen molar-refractivity contribution in [2.75, 3.05) is 19.0 Å². The summed E-state index contributed by atoms with van der Waals surface area (Å²) in [6, 6.07) is 8.76. The molecule has 4 aliphatic carbocycles. The van der Waals surface area contributed by atoms with Gasteiger partial charge in [-0.1, -0.05) is 24.6 Å². The maximum absolute atomic E-state index is 13.2. The number of hydrogen-bond acceptors (Lipinski definition) is 5. The molecular formula is C30H37NO4. The molecule has 186 valence electrons. The largest absolute Gasteiger partial charge is 0.451 e. The number of benzene rings is 1. The minimum atomic E-state index is -1.07. The molecule has 2 fully saturated rings. The molecule has 0 amide bonds. The molecule has 0 spiro atoms. The minimum Gasteiger partial charge on any atom is -0.451 e. The Balaban J connectivity index is 1.68. The van der Waals surface area contributed by atoms with Gasteiger partial charge in [0.25, 0.3) is 0 Å². The van der Waals surface area contributed by atoms with E-state index in [1.807, 2.05) is 20.2 Å². The predicted molar refractivity (Wildman–Crippen MR) is 136 cm³/mol. The lowest BCUT2D eigenvalue weighted by atomic mass is 9.50. The van der Waals surface area contributed by atoms with Crippen LogP contribution in [0.25, 0.3) is 0 Å². The van der Waals surface area contributed by atoms with E-state index in [4.69, 9.17) is 4.74 Å². The second-order valence-corrected chi connectivity index (χ2v) is 11.5. The number of fused-ring (bicyclic) bond motifs is 4. The molecule has 5 heteroatoms. The van der Waals surface area contributed by atoms with Crippen molar-refractivity contribution < 1.29 is 19.1 Å². The summed E-state index contributed by atoms with van der Waals surface area (Å²) in [6.07, 6.45) is 7.41. The van der Waals surface area contributed by atoms with Gasteiger partial charge < -0.3 is 9.64 Å². The average molecular weight is 476 g/mol. The summed E-state index contributed by atoms with van der Waals surface area (Å²) < 4.78 is 6.00. The number of carbonyl (C=O) groups excluding carboxylic acids is 3. The number of ether oxygens (including phenoxy) is 1. The Morgan fingerprint density at radius 1 is 1.03 bits per heavy atom. The smallest absolute Gasteiger partial charge is 0.303 e. The van der Waals surface area contributed by atoms with Crippen molar-refractivity contribution >= 4 is 23.2 Å². The van der Waals surface area contributed by atoms with Crippen LogP contribution >= 0.6 is 0 Å². The van der Waals surface area contributed by atoms with Crippen molar-refractivity contribution in [1.29, 1.82) is 0 Å². The number of carbonyl (C=O) groups is 3. The van der Waals surface area contributed by atoms with Crippen LogP contribution in [0.3, 0.4) is 0 Å². The van der Waals surface area contributed by atoms with E-state index in [-0.39, 0.29) is 29.4 Å². The topological polar surface area (TPSA) is 63.7 Å². The standard InChI is InChI=1S/C30H37NO4/c1-18(32)30(35-19(2)33)15-14-27-25-12-8-21-16-23(34)11-13-24(21)28(25)26(17-29(27,30)3)20-6-9-22(10-7-20)31(4)5/h6-7,9-10,16,25-27H,8,11-15,17H2,1-5H3/t25-,26+,27?,29-,30-/m0/s1. The molecule has 0 saturated heterocycles. The lowest BCUT2D eigenvalue weighted by molar-refractivity contribution is -0.182. The Bertz CT molecular complexity index is 1140. The number of Topliss-reactive ketones (excluding diaryl/α,β-unsaturated/α-hetero) is 1. The van der Waals surface area contributed by atoms with E-state index in [2.05, 4.69) is 36.1 Å². The molecule has 4 aliphatic rings. The van der Waals surface area contributed by atoms with Gasteiger partial charge in [0.1, 0.15) is 0 Å². The summed E-state index contributed by atoms with van der Waals surface area (Å²) in [4.78, 5) is 39.8. The van der Waals surface area contributed by atoms with E-state index in [1.165, 1.54) is 29.2 Å². The highest BCUT2D eigenvalue weighted by molar-refractivity contribution is 5.93. The molecule has 0 aromatic heterocycles. The van der Waals surface area contributed by atoms with Crippen LogP contribution in [0.15, 0.2) is 47.1 Å². The Labute approximate surface area is 208 Å². The van der Waals surface area contributed by atoms with Crippen LogP contribution in [-0.2, 0) is 19.1 Å². The third kappa shape index (κ3) is 3.61. The third-order valence-corrected chi connectivity index (χ3v) is 9.55. The van der Waals surface area contributed by atoms with E-state index < -0.39 is 11.0 Å². The van der Waals surface area contributed by atoms with E-state index in [1.54, 1.807) is 6.92 Å². The van der Waals surface area contributed by atoms with Crippen molar-refractivity contribution in [3.05, 3.63) is 52.6 Å². The van der Waals surface area contributed by atoms with Crippen molar-refractivity contribution in [3.8, 4) is 0 Å². The van der Waals surface area contributed by atoms with Crippen molar-refractivity contribution in [2.24, 2.45) is 17.3 Å². The molecule has 35 heavy (non-hydrogen) atoms. The fraction of sp³-hybridized carbons (Fsp3) is 0.567. The van der Waals surface area contributed by atoms with E-state index in [0.29, 0.717) is 18.8 Å². The molecule has 0 heterocycles. The summed E-state index contributed by atoms with van der Waals surface area (Å²) in [5.41, 5.74) is 4.98. The zero-order valence-electron chi connectivity index (χ0n) is 21.6. The van der Waals surface area contributed by atoms with Crippen LogP contribution in [-0.4, -0.2) is 37.2 Å². The highest BCUT2D eigenvalue weighted by Gasteiger charge is 2.67. The number of ketones is 2. The Kier molecular flexibility index (Phi) is 5.81. The highest BCUT2D eigenvalue weighted by Crippen LogP contribution is 2.67. The van der Waals surface area contributed by atoms with Gasteiger partial charge in [0.05, 0.1) is 0 Å². The Morgan fingerprint density at radius 2 is 1.74 bits per heavy atom. The molecule has 5 rings (SSSR count). The lowest BCUT2D eigenvalue weighted by Gasteiger charge is -2.55. The first-order valence-electron chi connectivity index (χ1n) is 13.0. The molecule has 2 saturated carbocycles. The Hall–Kier alpha value is -2.69. The van der Waals surface area contributed by atoms with Crippen molar-refractivity contribution in [1.82, 2.24) is 0 Å². The number of hydrogen-bond donors (Lipinski definition) is 0. The molecule has 5 atom stereocenters. The molecular weight excluding hydrogens is 438 g/mol. The van der Waals surface area contributed by atoms with Crippen molar-refractivity contribution in [3.63, 3.8) is 0 Å². The molecule has 1 aromatic carbocycles. The zero-order valence-corrected chi connectivity index (χ0v) is 21.6. The molecule has 0 aliphatic heterocycles. The second-order valence-electron chi connectivity index (χ2n) is 11.5. The van der Waals surface area contributed by atoms with Crippen LogP contribution in [0.2, 0.25) is 0 Å². The summed E-state index contributed by atoms with van der Waals surface area (Å²) in [7, 11) is 4.08. The number of allylic oxidation sites excluding steroid dienone is 4. The minimum absolute atomic E-state index is 0.0323. The number of rotatable bonds is 4. The highest BCUT2D eigenvalue weighted by atomic mass is 16.6. The van der Waals surface area contributed by atoms with E-state index >= 15 is 0 Å². The molecule has 5 nitrogen and oxygen atoms in total. The first-order chi connectivity index (χ1) is 16.6. The number of anilines is 1. The molecule has 0 radical (unpaired) electrons. The summed E-state index contributed by atoms with van der Waals surface area (Å²) in [5.74, 6) is 0.584. The van der Waals surface area contributed by atoms with Crippen LogP contribution in [0.4, 0.5) is 5.69 Å². The molecule has 0 bridgehead atoms. The van der Waals surface area contributed by atoms with Crippen LogP contribution < -0.4 is 4.90 Å². The third-order valence-electron chi connectivity index (χ3n) is 9.55. The van der Waals surface area contributed by atoms with Gasteiger partial charge in [-0.3, -0.25) is 14.4 Å². The Morgan fingerprint density at radius 3 is 2.37 bits per heavy atom. The van der Waals surface area contributed by atoms with Gasteiger partial charge in [-0.2, -0.15) is 0 Å². The zero-order chi connectivity index (χ0) is 25.1. The quantitative estimate of drug-likeness (QED) is 0.535. The van der Waals surface area contributed by atoms with Gasteiger partial charge in [-0.15, -0.1) is 0 Å². The average Bonchev–Trinajstić information content (AvgIpc) is 3.10.